The van der Waals surface area contributed by atoms with Crippen LogP contribution in [0.15, 0.2) is 127 Å². The Labute approximate surface area is 553 Å². The third-order valence-electron chi connectivity index (χ3n) is 19.5. The lowest BCUT2D eigenvalue weighted by Gasteiger charge is -2.44. The molecule has 2 unspecified atom stereocenters. The Bertz CT molecular complexity index is 3600. The van der Waals surface area contributed by atoms with E-state index in [9.17, 15) is 19.2 Å². The third-order valence-corrected chi connectivity index (χ3v) is 19.5. The number of methoxy groups -OCH3 is 1. The Balaban J connectivity index is 0.924. The van der Waals surface area contributed by atoms with E-state index in [0.29, 0.717) is 19.3 Å². The van der Waals surface area contributed by atoms with Crippen molar-refractivity contribution in [2.75, 3.05) is 40.5 Å². The fourth-order valence-corrected chi connectivity index (χ4v) is 13.9. The molecule has 5 aliphatic rings. The number of ether oxygens (including phenoxy) is 3. The summed E-state index contributed by atoms with van der Waals surface area (Å²) in [7, 11) is 3.01. The summed E-state index contributed by atoms with van der Waals surface area (Å²) in [6, 6.07) is 33.9. The molecule has 8 atom stereocenters. The van der Waals surface area contributed by atoms with Gasteiger partial charge in [-0.3, -0.25) is 33.7 Å². The molecule has 94 heavy (non-hydrogen) atoms. The molecule has 19 nitrogen and oxygen atoms in total. The zero-order valence-corrected chi connectivity index (χ0v) is 56.6. The first kappa shape index (κ1) is 68.3. The fourth-order valence-electron chi connectivity index (χ4n) is 13.9. The summed E-state index contributed by atoms with van der Waals surface area (Å²) in [5.41, 5.74) is 5.14. The highest BCUT2D eigenvalue weighted by molar-refractivity contribution is 5.96. The summed E-state index contributed by atoms with van der Waals surface area (Å²) in [6.07, 6.45) is 1.91. The van der Waals surface area contributed by atoms with E-state index in [-0.39, 0.29) is 63.6 Å². The molecule has 0 spiro atoms. The van der Waals surface area contributed by atoms with Crippen LogP contribution in [0, 0.1) is 16.2 Å². The van der Waals surface area contributed by atoms with Gasteiger partial charge in [-0.1, -0.05) is 169 Å². The number of carbonyl (C=O) groups excluding carboxylic acids is 8. The molecule has 5 aromatic rings. The molecule has 10 rings (SSSR count). The highest BCUT2D eigenvalue weighted by Crippen LogP contribution is 2.49. The minimum Gasteiger partial charge on any atom is -0.449 e. The van der Waals surface area contributed by atoms with Gasteiger partial charge in [0, 0.05) is 52.2 Å². The van der Waals surface area contributed by atoms with Crippen molar-refractivity contribution in [2.45, 2.75) is 181 Å². The summed E-state index contributed by atoms with van der Waals surface area (Å²) in [5, 5.41) is 12.4. The number of nitrogens with zero attached hydrogens (tertiary/aromatic N) is 4. The predicted octanol–water partition coefficient (Wildman–Crippen LogP) is 9.96. The second-order valence-electron chi connectivity index (χ2n) is 29.5. The molecule has 19 heteroatoms. The van der Waals surface area contributed by atoms with E-state index in [1.165, 1.54) is 16.8 Å². The number of nitrogens with one attached hydrogen (secondary N) is 4. The van der Waals surface area contributed by atoms with Gasteiger partial charge < -0.3 is 50.2 Å². The molecule has 0 radical (unpaired) electrons. The molecule has 1 saturated carbocycles. The summed E-state index contributed by atoms with van der Waals surface area (Å²) < 4.78 is 17.5. The Morgan fingerprint density at radius 3 is 1.83 bits per heavy atom. The number of rotatable bonds is 19. The number of likely N-dealkylation sites (N-methyl/N-ethyl adjacent to an activating group) is 1. The summed E-state index contributed by atoms with van der Waals surface area (Å²) in [5.74, 6) is -3.01. The largest absolute Gasteiger partial charge is 0.449 e. The molecule has 2 fully saturated rings. The van der Waals surface area contributed by atoms with E-state index in [4.69, 9.17) is 14.2 Å². The first-order valence-corrected chi connectivity index (χ1v) is 33.2. The van der Waals surface area contributed by atoms with E-state index in [1.54, 1.807) is 44.6 Å². The highest BCUT2D eigenvalue weighted by Gasteiger charge is 2.56. The highest BCUT2D eigenvalue weighted by atomic mass is 16.6. The normalized spacial score (nSPS) is 20.1. The number of aryl methyl sites for hydroxylation is 1. The Hall–Kier alpha value is -8.58. The predicted molar refractivity (Wildman–Crippen MR) is 358 cm³/mol. The Kier molecular flexibility index (Phi) is 20.2. The van der Waals surface area contributed by atoms with Crippen molar-refractivity contribution in [2.24, 2.45) is 16.2 Å². The molecule has 3 aliphatic carbocycles. The summed E-state index contributed by atoms with van der Waals surface area (Å²) in [6.45, 7) is 17.7. The van der Waals surface area contributed by atoms with Gasteiger partial charge in [-0.25, -0.2) is 9.59 Å². The minimum atomic E-state index is -1.18. The number of alkyl carbamates (subject to hydrolysis) is 1. The smallest absolute Gasteiger partial charge is 0.410 e. The zero-order chi connectivity index (χ0) is 67.6. The van der Waals surface area contributed by atoms with Crippen LogP contribution in [0.2, 0.25) is 0 Å². The number of fused-ring (bicyclic) bond motifs is 5. The molecule has 8 amide bonds. The fraction of sp³-hybridized carbons (Fsp3) is 0.493. The van der Waals surface area contributed by atoms with Gasteiger partial charge in [-0.15, -0.1) is 0 Å². The van der Waals surface area contributed by atoms with Gasteiger partial charge >= 0.3 is 12.2 Å². The van der Waals surface area contributed by atoms with Crippen molar-refractivity contribution in [1.29, 1.82) is 0 Å². The first-order chi connectivity index (χ1) is 44.6. The van der Waals surface area contributed by atoms with E-state index in [0.717, 1.165) is 62.9 Å². The van der Waals surface area contributed by atoms with Crippen molar-refractivity contribution < 1.29 is 52.6 Å². The Morgan fingerprint density at radius 1 is 0.660 bits per heavy atom. The summed E-state index contributed by atoms with van der Waals surface area (Å²) >= 11 is 0. The lowest BCUT2D eigenvalue weighted by molar-refractivity contribution is -0.153. The molecule has 0 aromatic heterocycles. The quantitative estimate of drug-likeness (QED) is 0.0609. The molecule has 2 heterocycles. The molecule has 2 aliphatic heterocycles. The number of amides is 8. The third kappa shape index (κ3) is 15.0. The zero-order valence-electron chi connectivity index (χ0n) is 56.6. The van der Waals surface area contributed by atoms with Crippen molar-refractivity contribution >= 4 is 47.6 Å². The van der Waals surface area contributed by atoms with Crippen molar-refractivity contribution in [1.82, 2.24) is 40.9 Å². The Morgan fingerprint density at radius 2 is 1.22 bits per heavy atom. The van der Waals surface area contributed by atoms with Gasteiger partial charge in [0.1, 0.15) is 42.4 Å². The monoisotopic (exact) mass is 1280 g/mol. The van der Waals surface area contributed by atoms with E-state index in [2.05, 4.69) is 39.5 Å². The van der Waals surface area contributed by atoms with Crippen LogP contribution in [-0.4, -0.2) is 150 Å². The van der Waals surface area contributed by atoms with Crippen LogP contribution in [0.5, 0.6) is 0 Å². The number of benzene rings is 5. The van der Waals surface area contributed by atoms with Crippen LogP contribution in [0.3, 0.4) is 0 Å². The number of carbonyl (C=O) groups is 8. The molecule has 500 valence electrons. The SMILES string of the molecule is COC[C@@H](c1ccccc1)N(CC1(C(=O)NC2C[C@@H](C(=O)NC3CCCc4ccccc43)N(C(=O)[C@@H](NC(=O)[C@H](C)N(C)C(=O)OC(C)(C)C)C(C)(C)C)C2)CC1)C(=O)[C@@H]1Cc2ccccc2CN1C(=O)[C@@H](NC(=O)OCC1c2ccccc2-c2ccccc21)C(C)(C)C. The van der Waals surface area contributed by atoms with Gasteiger partial charge in [0.2, 0.25) is 35.4 Å². The van der Waals surface area contributed by atoms with Crippen molar-refractivity contribution in [3.63, 3.8) is 0 Å². The second kappa shape index (κ2) is 27.8. The van der Waals surface area contributed by atoms with Crippen LogP contribution in [-0.2, 0) is 62.4 Å². The van der Waals surface area contributed by atoms with Gasteiger partial charge in [0.25, 0.3) is 0 Å². The van der Waals surface area contributed by atoms with Gasteiger partial charge in [-0.05, 0) is 127 Å². The maximum atomic E-state index is 16.3. The summed E-state index contributed by atoms with van der Waals surface area (Å²) in [4.78, 5) is 125. The van der Waals surface area contributed by atoms with Crippen LogP contribution in [0.1, 0.15) is 158 Å². The van der Waals surface area contributed by atoms with Gasteiger partial charge in [-0.2, -0.15) is 0 Å². The molecule has 1 saturated heterocycles. The van der Waals surface area contributed by atoms with E-state index in [1.807, 2.05) is 151 Å². The maximum Gasteiger partial charge on any atom is 0.410 e. The molecular weight excluding hydrogens is 1190 g/mol. The number of hydrogen-bond acceptors (Lipinski definition) is 11. The molecule has 0 bridgehead atoms. The average Bonchev–Trinajstić information content (AvgIpc) is 1.51. The molecule has 5 aromatic carbocycles. The van der Waals surface area contributed by atoms with Gasteiger partial charge in [0.05, 0.1) is 24.1 Å². The lowest BCUT2D eigenvalue weighted by atomic mass is 9.84. The van der Waals surface area contributed by atoms with Crippen LogP contribution in [0.4, 0.5) is 9.59 Å². The van der Waals surface area contributed by atoms with Crippen LogP contribution < -0.4 is 21.3 Å². The minimum absolute atomic E-state index is 0.0332. The van der Waals surface area contributed by atoms with Gasteiger partial charge in [0.15, 0.2) is 0 Å². The molecule has 4 N–H and O–H groups in total. The first-order valence-electron chi connectivity index (χ1n) is 33.2. The topological polar surface area (TPSA) is 225 Å². The van der Waals surface area contributed by atoms with E-state index >= 15 is 19.2 Å². The maximum absolute atomic E-state index is 16.3. The average molecular weight is 1280 g/mol. The van der Waals surface area contributed by atoms with Crippen LogP contribution in [0.25, 0.3) is 11.1 Å². The standard InChI is InChI=1S/C75H94N8O11/c1-46(80(11)71(91)94-74(8,9)10)64(84)78-62(72(2,3)4)67(87)82-42-51(40-59(82)65(85)77-58-36-24-30-47-25-18-19-31-52(47)58)76-69(89)75(37-38-75)45-83(61(44-92-12)48-26-14-13-15-27-48)66(86)60-39-49-28-16-17-29-50(49)41-81(60)68(88)63(73(5,6)7)79-70(90)93-43-57-55-34-22-20-32-53(55)54-33-21-23-35-56(54)57/h13-23,25-29,31-35,46,51,57-63H,24,30,36-45H2,1-12H3,(H,76,89)(H,77,85)(H,78,84)(H,79,90)/t46-,51?,58?,59-,60-,61-,62+,63+/m0/s1. The molecular formula is C75H94N8O11. The van der Waals surface area contributed by atoms with E-state index < -0.39 is 106 Å². The van der Waals surface area contributed by atoms with Crippen LogP contribution >= 0.6 is 0 Å². The number of likely N-dealkylation sites (tertiary alicyclic amines) is 1. The second-order valence-corrected chi connectivity index (χ2v) is 29.5. The lowest BCUT2D eigenvalue weighted by Crippen LogP contribution is -2.62. The number of hydrogen-bond donors (Lipinski definition) is 4. The van der Waals surface area contributed by atoms with Crippen molar-refractivity contribution in [3.8, 4) is 11.1 Å². The van der Waals surface area contributed by atoms with Crippen molar-refractivity contribution in [3.05, 3.63) is 166 Å².